The first-order chi connectivity index (χ1) is 13.3. The van der Waals surface area contributed by atoms with E-state index in [1.165, 1.54) is 43.3 Å². The number of hydrogen-bond donors (Lipinski definition) is 1. The molecule has 9 heteroatoms. The Morgan fingerprint density at radius 2 is 1.71 bits per heavy atom. The minimum atomic E-state index is -4.10. The predicted octanol–water partition coefficient (Wildman–Crippen LogP) is 1.21. The highest BCUT2D eigenvalue weighted by atomic mass is 32.2. The van der Waals surface area contributed by atoms with Gasteiger partial charge in [-0.25, -0.2) is 8.42 Å². The average Bonchev–Trinajstić information content (AvgIpc) is 2.70. The summed E-state index contributed by atoms with van der Waals surface area (Å²) in [5.74, 6) is -1.39. The molecule has 28 heavy (non-hydrogen) atoms. The second-order valence-electron chi connectivity index (χ2n) is 5.95. The van der Waals surface area contributed by atoms with Gasteiger partial charge in [-0.2, -0.15) is 9.98 Å². The third-order valence-electron chi connectivity index (χ3n) is 3.72. The third kappa shape index (κ3) is 5.16. The van der Waals surface area contributed by atoms with Crippen LogP contribution in [0.4, 0.5) is 0 Å². The molecule has 0 aliphatic rings. The van der Waals surface area contributed by atoms with Gasteiger partial charge in [0.1, 0.15) is 12.6 Å². The Bertz CT molecular complexity index is 998. The fourth-order valence-electron chi connectivity index (χ4n) is 2.32. The Morgan fingerprint density at radius 1 is 1.11 bits per heavy atom. The summed E-state index contributed by atoms with van der Waals surface area (Å²) in [6.45, 7) is -0.688. The molecule has 1 amide bonds. The smallest absolute Gasteiger partial charge is 0.322 e. The molecule has 0 heterocycles. The van der Waals surface area contributed by atoms with Gasteiger partial charge in [-0.3, -0.25) is 9.59 Å². The number of nitrogens with zero attached hydrogens (tertiary/aromatic N) is 2. The van der Waals surface area contributed by atoms with E-state index in [1.807, 2.05) is 0 Å². The maximum absolute atomic E-state index is 12.4. The van der Waals surface area contributed by atoms with E-state index in [2.05, 4.69) is 4.72 Å². The summed E-state index contributed by atoms with van der Waals surface area (Å²) in [4.78, 5) is 25.6. The van der Waals surface area contributed by atoms with Gasteiger partial charge in [0.2, 0.25) is 16.1 Å². The monoisotopic (exact) mass is 401 g/mol. The molecule has 1 atom stereocenters. The second kappa shape index (κ2) is 9.12. The highest BCUT2D eigenvalue weighted by Crippen LogP contribution is 2.20. The van der Waals surface area contributed by atoms with Crippen LogP contribution in [0.1, 0.15) is 17.2 Å². The molecule has 0 bridgehead atoms. The number of nitrogens with one attached hydrogen (secondary N) is 1. The fourth-order valence-corrected chi connectivity index (χ4v) is 3.45. The van der Waals surface area contributed by atoms with Gasteiger partial charge in [-0.05, 0) is 12.1 Å². The molecule has 0 aromatic heterocycles. The first kappa shape index (κ1) is 21.1. The lowest BCUT2D eigenvalue weighted by Crippen LogP contribution is -2.35. The Labute approximate surface area is 163 Å². The quantitative estimate of drug-likeness (QED) is 0.697. The molecule has 2 aromatic rings. The number of ether oxygens (including phenoxy) is 1. The highest BCUT2D eigenvalue weighted by Gasteiger charge is 2.27. The van der Waals surface area contributed by atoms with Gasteiger partial charge in [0.25, 0.3) is 5.91 Å². The number of amides is 1. The molecule has 2 rings (SSSR count). The largest absolute Gasteiger partial charge is 0.446 e. The molecule has 0 aliphatic carbocycles. The lowest BCUT2D eigenvalue weighted by Gasteiger charge is -2.21. The number of nitriles is 1. The summed E-state index contributed by atoms with van der Waals surface area (Å²) >= 11 is 0. The zero-order valence-electron chi connectivity index (χ0n) is 15.3. The Hall–Kier alpha value is -3.22. The Morgan fingerprint density at radius 3 is 2.32 bits per heavy atom. The van der Waals surface area contributed by atoms with Crippen LogP contribution < -0.4 is 4.72 Å². The van der Waals surface area contributed by atoms with Crippen LogP contribution in [0.3, 0.4) is 0 Å². The normalized spacial score (nSPS) is 11.9. The number of esters is 1. The zero-order valence-corrected chi connectivity index (χ0v) is 16.1. The van der Waals surface area contributed by atoms with Gasteiger partial charge < -0.3 is 9.64 Å². The summed E-state index contributed by atoms with van der Waals surface area (Å²) in [7, 11) is -1.06. The standard InChI is InChI=1S/C19H19N3O5S/c1-22(2)19(24)18(14-8-4-3-5-9-14)27-17(23)13-21-28(25,26)16-11-7-6-10-15(16)12-20/h3-11,18,21H,13H2,1-2H3/t18-/m0/s1. The minimum absolute atomic E-state index is 0.0479. The molecule has 0 spiro atoms. The summed E-state index contributed by atoms with van der Waals surface area (Å²) in [5.41, 5.74) is 0.417. The van der Waals surface area contributed by atoms with E-state index in [9.17, 15) is 18.0 Å². The number of hydrogen-bond acceptors (Lipinski definition) is 6. The molecule has 1 N–H and O–H groups in total. The van der Waals surface area contributed by atoms with Crippen LogP contribution in [0.15, 0.2) is 59.5 Å². The van der Waals surface area contributed by atoms with Crippen molar-refractivity contribution >= 4 is 21.9 Å². The Balaban J connectivity index is 2.13. The third-order valence-corrected chi connectivity index (χ3v) is 5.18. The molecule has 2 aromatic carbocycles. The van der Waals surface area contributed by atoms with Crippen molar-refractivity contribution in [1.29, 1.82) is 5.26 Å². The van der Waals surface area contributed by atoms with Crippen molar-refractivity contribution in [3.8, 4) is 6.07 Å². The van der Waals surface area contributed by atoms with Crippen LogP contribution in [0.25, 0.3) is 0 Å². The molecule has 0 unspecified atom stereocenters. The van der Waals surface area contributed by atoms with Crippen LogP contribution in [0.2, 0.25) is 0 Å². The highest BCUT2D eigenvalue weighted by molar-refractivity contribution is 7.89. The molecule has 0 saturated heterocycles. The average molecular weight is 401 g/mol. The van der Waals surface area contributed by atoms with Crippen molar-refractivity contribution in [2.45, 2.75) is 11.0 Å². The molecule has 0 fully saturated rings. The van der Waals surface area contributed by atoms with E-state index in [-0.39, 0.29) is 10.5 Å². The molecule has 8 nitrogen and oxygen atoms in total. The topological polar surface area (TPSA) is 117 Å². The number of sulfonamides is 1. The summed E-state index contributed by atoms with van der Waals surface area (Å²) in [6, 6.07) is 15.8. The maximum Gasteiger partial charge on any atom is 0.322 e. The van der Waals surface area contributed by atoms with E-state index < -0.39 is 34.5 Å². The van der Waals surface area contributed by atoms with Crippen molar-refractivity contribution in [2.75, 3.05) is 20.6 Å². The SMILES string of the molecule is CN(C)C(=O)[C@@H](OC(=O)CNS(=O)(=O)c1ccccc1C#N)c1ccccc1. The second-order valence-corrected chi connectivity index (χ2v) is 7.68. The van der Waals surface area contributed by atoms with E-state index in [4.69, 9.17) is 10.00 Å². The van der Waals surface area contributed by atoms with Crippen molar-refractivity contribution in [3.63, 3.8) is 0 Å². The van der Waals surface area contributed by atoms with Gasteiger partial charge >= 0.3 is 5.97 Å². The van der Waals surface area contributed by atoms with Gasteiger partial charge in [0, 0.05) is 19.7 Å². The molecule has 0 saturated carbocycles. The van der Waals surface area contributed by atoms with Crippen LogP contribution in [-0.2, 0) is 24.3 Å². The molecule has 0 aliphatic heterocycles. The molecule has 146 valence electrons. The number of benzene rings is 2. The first-order valence-electron chi connectivity index (χ1n) is 8.20. The van der Waals surface area contributed by atoms with Gasteiger partial charge in [-0.1, -0.05) is 42.5 Å². The lowest BCUT2D eigenvalue weighted by molar-refractivity contribution is -0.158. The molecular formula is C19H19N3O5S. The van der Waals surface area contributed by atoms with E-state index >= 15 is 0 Å². The molecule has 0 radical (unpaired) electrons. The van der Waals surface area contributed by atoms with Crippen molar-refractivity contribution in [2.24, 2.45) is 0 Å². The van der Waals surface area contributed by atoms with Gasteiger partial charge in [0.15, 0.2) is 0 Å². The van der Waals surface area contributed by atoms with E-state index in [0.29, 0.717) is 5.56 Å². The van der Waals surface area contributed by atoms with Gasteiger partial charge in [-0.15, -0.1) is 0 Å². The van der Waals surface area contributed by atoms with Crippen molar-refractivity contribution in [3.05, 3.63) is 65.7 Å². The summed E-state index contributed by atoms with van der Waals surface area (Å²) < 4.78 is 32.1. The number of carbonyl (C=O) groups excluding carboxylic acids is 2. The van der Waals surface area contributed by atoms with Crippen molar-refractivity contribution < 1.29 is 22.7 Å². The van der Waals surface area contributed by atoms with E-state index in [1.54, 1.807) is 36.4 Å². The first-order valence-corrected chi connectivity index (χ1v) is 9.69. The van der Waals surface area contributed by atoms with Crippen LogP contribution in [0.5, 0.6) is 0 Å². The van der Waals surface area contributed by atoms with E-state index in [0.717, 1.165) is 0 Å². The number of likely N-dealkylation sites (N-methyl/N-ethyl adjacent to an activating group) is 1. The zero-order chi connectivity index (χ0) is 20.7. The maximum atomic E-state index is 12.4. The number of rotatable bonds is 7. The lowest BCUT2D eigenvalue weighted by atomic mass is 10.1. The van der Waals surface area contributed by atoms with Crippen LogP contribution in [-0.4, -0.2) is 45.8 Å². The predicted molar refractivity (Wildman–Crippen MR) is 100 cm³/mol. The minimum Gasteiger partial charge on any atom is -0.446 e. The summed E-state index contributed by atoms with van der Waals surface area (Å²) in [5, 5.41) is 9.04. The molecular weight excluding hydrogens is 382 g/mol. The van der Waals surface area contributed by atoms with Crippen LogP contribution in [0, 0.1) is 11.3 Å². The fraction of sp³-hybridized carbons (Fsp3) is 0.211. The van der Waals surface area contributed by atoms with Gasteiger partial charge in [0.05, 0.1) is 10.5 Å². The number of carbonyl (C=O) groups is 2. The van der Waals surface area contributed by atoms with Crippen molar-refractivity contribution in [1.82, 2.24) is 9.62 Å². The summed E-state index contributed by atoms with van der Waals surface area (Å²) in [6.07, 6.45) is -1.19. The van der Waals surface area contributed by atoms with Crippen LogP contribution >= 0.6 is 0 Å². The Kier molecular flexibility index (Phi) is 6.87.